The van der Waals surface area contributed by atoms with Crippen molar-refractivity contribution < 1.29 is 18.3 Å². The van der Waals surface area contributed by atoms with Crippen molar-refractivity contribution >= 4 is 28.6 Å². The first-order valence-electron chi connectivity index (χ1n) is 12.0. The quantitative estimate of drug-likeness (QED) is 0.279. The maximum Gasteiger partial charge on any atom is 0.408 e. The minimum absolute atomic E-state index is 0.366. The number of carbonyl (C=O) groups excluding carboxylic acids is 1. The topological polar surface area (TPSA) is 64.1 Å². The largest absolute Gasteiger partial charge is 0.444 e. The number of fused-ring (bicyclic) bond motifs is 1. The van der Waals surface area contributed by atoms with Crippen LogP contribution in [-0.4, -0.2) is 27.6 Å². The van der Waals surface area contributed by atoms with Crippen LogP contribution in [-0.2, 0) is 10.3 Å². The van der Waals surface area contributed by atoms with E-state index < -0.39 is 36.0 Å². The van der Waals surface area contributed by atoms with Crippen LogP contribution in [0.5, 0.6) is 0 Å². The molecule has 37 heavy (non-hydrogen) atoms. The molecular formula is C29H26ClF2N3O2. The zero-order valence-corrected chi connectivity index (χ0v) is 21.4. The molecule has 0 radical (unpaired) electrons. The van der Waals surface area contributed by atoms with Crippen LogP contribution in [0.25, 0.3) is 33.3 Å². The van der Waals surface area contributed by atoms with Crippen LogP contribution in [0, 0.1) is 0 Å². The lowest BCUT2D eigenvalue weighted by Gasteiger charge is -2.48. The van der Waals surface area contributed by atoms with Crippen LogP contribution in [0.2, 0.25) is 5.15 Å². The van der Waals surface area contributed by atoms with Gasteiger partial charge in [-0.05, 0) is 44.0 Å². The van der Waals surface area contributed by atoms with Crippen molar-refractivity contribution in [1.82, 2.24) is 15.3 Å². The summed E-state index contributed by atoms with van der Waals surface area (Å²) >= 11 is 6.36. The highest BCUT2D eigenvalue weighted by atomic mass is 35.5. The number of alkyl halides is 2. The average molecular weight is 522 g/mol. The molecule has 1 saturated carbocycles. The summed E-state index contributed by atoms with van der Waals surface area (Å²) in [5.74, 6) is -2.86. The Balaban J connectivity index is 1.55. The van der Waals surface area contributed by atoms with Gasteiger partial charge in [0.25, 0.3) is 5.92 Å². The second-order valence-corrected chi connectivity index (χ2v) is 10.8. The first-order valence-corrected chi connectivity index (χ1v) is 12.3. The number of aromatic nitrogens is 2. The van der Waals surface area contributed by atoms with Gasteiger partial charge in [0.2, 0.25) is 0 Å². The zero-order valence-electron chi connectivity index (χ0n) is 20.7. The molecule has 2 heterocycles. The van der Waals surface area contributed by atoms with Crippen molar-refractivity contribution in [1.29, 1.82) is 0 Å². The number of carbonyl (C=O) groups is 1. The van der Waals surface area contributed by atoms with Gasteiger partial charge in [0.15, 0.2) is 0 Å². The number of amides is 1. The number of rotatable bonds is 4. The predicted octanol–water partition coefficient (Wildman–Crippen LogP) is 7.77. The normalized spacial score (nSPS) is 16.2. The van der Waals surface area contributed by atoms with Gasteiger partial charge in [-0.3, -0.25) is 0 Å². The number of nitrogens with one attached hydrogen (secondary N) is 1. The Labute approximate surface area is 218 Å². The number of hydrogen-bond donors (Lipinski definition) is 1. The van der Waals surface area contributed by atoms with Gasteiger partial charge in [0.05, 0.1) is 16.7 Å². The van der Waals surface area contributed by atoms with E-state index in [2.05, 4.69) is 10.3 Å². The summed E-state index contributed by atoms with van der Waals surface area (Å²) in [5, 5.41) is 3.81. The predicted molar refractivity (Wildman–Crippen MR) is 141 cm³/mol. The van der Waals surface area contributed by atoms with Crippen LogP contribution >= 0.6 is 11.6 Å². The van der Waals surface area contributed by atoms with Gasteiger partial charge in [-0.25, -0.2) is 23.5 Å². The van der Waals surface area contributed by atoms with Crippen LogP contribution in [0.4, 0.5) is 13.6 Å². The maximum atomic E-state index is 14.1. The minimum Gasteiger partial charge on any atom is -0.444 e. The van der Waals surface area contributed by atoms with Crippen molar-refractivity contribution in [2.24, 2.45) is 0 Å². The molecule has 1 aliphatic carbocycles. The van der Waals surface area contributed by atoms with Crippen molar-refractivity contribution in [2.45, 2.75) is 50.7 Å². The Morgan fingerprint density at radius 2 is 1.68 bits per heavy atom. The monoisotopic (exact) mass is 521 g/mol. The summed E-state index contributed by atoms with van der Waals surface area (Å²) in [6.07, 6.45) is -0.100. The van der Waals surface area contributed by atoms with Crippen LogP contribution < -0.4 is 5.32 Å². The lowest BCUT2D eigenvalue weighted by Crippen LogP contribution is -2.60. The van der Waals surface area contributed by atoms with E-state index in [1.165, 1.54) is 0 Å². The molecule has 5 nitrogen and oxygen atoms in total. The third kappa shape index (κ3) is 5.14. The molecule has 1 fully saturated rings. The Kier molecular flexibility index (Phi) is 6.15. The average Bonchev–Trinajstić information content (AvgIpc) is 2.82. The highest BCUT2D eigenvalue weighted by molar-refractivity contribution is 6.34. The SMILES string of the molecule is CC(C)(C)OC(=O)NC1(c2ccc(-c3nc4ccnc(Cl)c4cc3-c3ccccc3)cc2)CC(F)(F)C1. The molecule has 0 unspecified atom stereocenters. The third-order valence-corrected chi connectivity index (χ3v) is 6.65. The zero-order chi connectivity index (χ0) is 26.4. The van der Waals surface area contributed by atoms with Gasteiger partial charge in [-0.15, -0.1) is 0 Å². The van der Waals surface area contributed by atoms with Gasteiger partial charge in [-0.2, -0.15) is 0 Å². The summed E-state index contributed by atoms with van der Waals surface area (Å²) in [7, 11) is 0. The second-order valence-electron chi connectivity index (χ2n) is 10.4. The van der Waals surface area contributed by atoms with Crippen molar-refractivity contribution in [3.05, 3.63) is 83.6 Å². The van der Waals surface area contributed by atoms with Crippen molar-refractivity contribution in [3.8, 4) is 22.4 Å². The fourth-order valence-corrected chi connectivity index (χ4v) is 4.97. The van der Waals surface area contributed by atoms with Crippen LogP contribution in [0.15, 0.2) is 72.9 Å². The summed E-state index contributed by atoms with van der Waals surface area (Å²) in [4.78, 5) is 21.6. The molecule has 4 aromatic rings. The van der Waals surface area contributed by atoms with E-state index in [1.54, 1.807) is 45.2 Å². The summed E-state index contributed by atoms with van der Waals surface area (Å²) in [6.45, 7) is 5.19. The number of benzene rings is 2. The molecule has 0 bridgehead atoms. The van der Waals surface area contributed by atoms with Gasteiger partial charge >= 0.3 is 6.09 Å². The van der Waals surface area contributed by atoms with Crippen LogP contribution in [0.1, 0.15) is 39.2 Å². The number of halogens is 3. The van der Waals surface area contributed by atoms with Crippen LogP contribution in [0.3, 0.4) is 0 Å². The molecule has 0 saturated heterocycles. The summed E-state index contributed by atoms with van der Waals surface area (Å²) in [6, 6.07) is 20.8. The molecule has 2 aromatic carbocycles. The fraction of sp³-hybridized carbons (Fsp3) is 0.276. The van der Waals surface area contributed by atoms with E-state index in [9.17, 15) is 13.6 Å². The summed E-state index contributed by atoms with van der Waals surface area (Å²) in [5.41, 5.74) is 2.68. The van der Waals surface area contributed by atoms with E-state index in [1.807, 2.05) is 48.5 Å². The first-order chi connectivity index (χ1) is 17.4. The summed E-state index contributed by atoms with van der Waals surface area (Å²) < 4.78 is 33.5. The number of nitrogens with zero attached hydrogens (tertiary/aromatic N) is 2. The third-order valence-electron chi connectivity index (χ3n) is 6.35. The molecule has 1 N–H and O–H groups in total. The molecule has 0 aliphatic heterocycles. The smallest absolute Gasteiger partial charge is 0.408 e. The van der Waals surface area contributed by atoms with E-state index in [0.717, 1.165) is 27.8 Å². The minimum atomic E-state index is -2.86. The maximum absolute atomic E-state index is 14.1. The molecule has 1 aliphatic rings. The van der Waals surface area contributed by atoms with Gasteiger partial charge in [0, 0.05) is 35.6 Å². The van der Waals surface area contributed by atoms with E-state index in [0.29, 0.717) is 16.2 Å². The lowest BCUT2D eigenvalue weighted by molar-refractivity contribution is -0.136. The Hall–Kier alpha value is -3.58. The van der Waals surface area contributed by atoms with Gasteiger partial charge in [0.1, 0.15) is 10.8 Å². The molecule has 0 atom stereocenters. The highest BCUT2D eigenvalue weighted by Crippen LogP contribution is 2.52. The Bertz CT molecular complexity index is 1460. The van der Waals surface area contributed by atoms with E-state index in [-0.39, 0.29) is 0 Å². The second kappa shape index (κ2) is 9.06. The number of ether oxygens (including phenoxy) is 1. The van der Waals surface area contributed by atoms with Crippen molar-refractivity contribution in [2.75, 3.05) is 0 Å². The van der Waals surface area contributed by atoms with Gasteiger partial charge < -0.3 is 10.1 Å². The molecular weight excluding hydrogens is 496 g/mol. The number of pyridine rings is 2. The van der Waals surface area contributed by atoms with E-state index >= 15 is 0 Å². The number of alkyl carbamates (subject to hydrolysis) is 1. The highest BCUT2D eigenvalue weighted by Gasteiger charge is 2.58. The Morgan fingerprint density at radius 1 is 1.00 bits per heavy atom. The van der Waals surface area contributed by atoms with E-state index in [4.69, 9.17) is 21.3 Å². The number of hydrogen-bond acceptors (Lipinski definition) is 4. The first kappa shape index (κ1) is 25.1. The fourth-order valence-electron chi connectivity index (χ4n) is 4.76. The standard InChI is InChI=1S/C29H26ClF2N3O2/c1-27(2,3)37-26(36)35-28(16-29(31,32)17-28)20-11-9-19(10-12-20)24-21(18-7-5-4-6-8-18)15-22-23(34-24)13-14-33-25(22)30/h4-15H,16-17H2,1-3H3,(H,35,36). The molecule has 0 spiro atoms. The molecule has 2 aromatic heterocycles. The Morgan fingerprint density at radius 3 is 2.30 bits per heavy atom. The molecule has 1 amide bonds. The van der Waals surface area contributed by atoms with Crippen molar-refractivity contribution in [3.63, 3.8) is 0 Å². The van der Waals surface area contributed by atoms with Gasteiger partial charge in [-0.1, -0.05) is 66.2 Å². The molecule has 5 rings (SSSR count). The lowest BCUT2D eigenvalue weighted by atomic mass is 9.69. The molecule has 190 valence electrons. The molecule has 8 heteroatoms.